The Balaban J connectivity index is 2.28. The van der Waals surface area contributed by atoms with Crippen molar-refractivity contribution in [2.75, 3.05) is 23.4 Å². The molecule has 116 valence electrons. The lowest BCUT2D eigenvalue weighted by Gasteiger charge is -2.11. The summed E-state index contributed by atoms with van der Waals surface area (Å²) in [5, 5.41) is 4.70. The predicted molar refractivity (Wildman–Crippen MR) is 75.4 cm³/mol. The van der Waals surface area contributed by atoms with E-state index in [9.17, 15) is 18.0 Å². The molecule has 0 saturated carbocycles. The number of nitrogens with one attached hydrogen (secondary N) is 2. The highest BCUT2D eigenvalue weighted by Crippen LogP contribution is 2.29. The molecular formula is C13H12F3N5O. The van der Waals surface area contributed by atoms with Gasteiger partial charge in [-0.15, -0.1) is 0 Å². The summed E-state index contributed by atoms with van der Waals surface area (Å²) in [6.45, 7) is 0. The molecule has 9 heteroatoms. The van der Waals surface area contributed by atoms with Crippen LogP contribution in [-0.4, -0.2) is 22.9 Å². The first-order valence-electron chi connectivity index (χ1n) is 6.10. The number of rotatable bonds is 3. The first kappa shape index (κ1) is 15.5. The molecule has 1 aromatic heterocycles. The van der Waals surface area contributed by atoms with Gasteiger partial charge in [0.1, 0.15) is 5.82 Å². The quantitative estimate of drug-likeness (QED) is 0.757. The van der Waals surface area contributed by atoms with Crippen LogP contribution in [0.5, 0.6) is 0 Å². The van der Waals surface area contributed by atoms with Crippen LogP contribution in [0.2, 0.25) is 0 Å². The fourth-order valence-electron chi connectivity index (χ4n) is 1.59. The second-order valence-corrected chi connectivity index (χ2v) is 4.29. The molecule has 0 aliphatic carbocycles. The SMILES string of the molecule is CNc1nc(NC(=O)c2ccc(N)cc2)cc(C(F)(F)F)n1. The number of hydrogen-bond donors (Lipinski definition) is 3. The van der Waals surface area contributed by atoms with Crippen LogP contribution in [0.3, 0.4) is 0 Å². The number of amides is 1. The fraction of sp³-hybridized carbons (Fsp3) is 0.154. The highest BCUT2D eigenvalue weighted by atomic mass is 19.4. The summed E-state index contributed by atoms with van der Waals surface area (Å²) >= 11 is 0. The zero-order chi connectivity index (χ0) is 16.3. The number of carbonyl (C=O) groups excluding carboxylic acids is 1. The van der Waals surface area contributed by atoms with E-state index in [1.165, 1.54) is 31.3 Å². The summed E-state index contributed by atoms with van der Waals surface area (Å²) in [7, 11) is 1.38. The number of hydrogen-bond acceptors (Lipinski definition) is 5. The summed E-state index contributed by atoms with van der Waals surface area (Å²) in [5.74, 6) is -1.11. The van der Waals surface area contributed by atoms with Crippen LogP contribution in [0, 0.1) is 0 Å². The van der Waals surface area contributed by atoms with Gasteiger partial charge in [0, 0.05) is 24.4 Å². The average molecular weight is 311 g/mol. The van der Waals surface area contributed by atoms with E-state index < -0.39 is 17.8 Å². The molecule has 0 bridgehead atoms. The topological polar surface area (TPSA) is 92.9 Å². The van der Waals surface area contributed by atoms with Crippen molar-refractivity contribution in [3.05, 3.63) is 41.6 Å². The molecule has 0 radical (unpaired) electrons. The molecule has 6 nitrogen and oxygen atoms in total. The van der Waals surface area contributed by atoms with Gasteiger partial charge >= 0.3 is 6.18 Å². The van der Waals surface area contributed by atoms with E-state index in [0.717, 1.165) is 0 Å². The van der Waals surface area contributed by atoms with Crippen molar-refractivity contribution < 1.29 is 18.0 Å². The minimum absolute atomic E-state index is 0.243. The van der Waals surface area contributed by atoms with Crippen LogP contribution in [0.25, 0.3) is 0 Å². The zero-order valence-electron chi connectivity index (χ0n) is 11.4. The van der Waals surface area contributed by atoms with Gasteiger partial charge in [0.15, 0.2) is 5.69 Å². The zero-order valence-corrected chi connectivity index (χ0v) is 11.4. The maximum atomic E-state index is 12.7. The number of nitrogen functional groups attached to an aromatic ring is 1. The fourth-order valence-corrected chi connectivity index (χ4v) is 1.59. The molecule has 0 aliphatic rings. The monoisotopic (exact) mass is 311 g/mol. The van der Waals surface area contributed by atoms with Crippen LogP contribution in [0.4, 0.5) is 30.6 Å². The molecule has 1 amide bonds. The molecule has 0 fully saturated rings. The van der Waals surface area contributed by atoms with E-state index in [2.05, 4.69) is 20.6 Å². The van der Waals surface area contributed by atoms with Crippen LogP contribution < -0.4 is 16.4 Å². The second kappa shape index (κ2) is 5.88. The molecule has 0 spiro atoms. The largest absolute Gasteiger partial charge is 0.433 e. The third-order valence-electron chi connectivity index (χ3n) is 2.65. The number of anilines is 3. The number of nitrogens with two attached hydrogens (primary N) is 1. The highest BCUT2D eigenvalue weighted by Gasteiger charge is 2.33. The first-order chi connectivity index (χ1) is 10.3. The minimum Gasteiger partial charge on any atom is -0.399 e. The maximum Gasteiger partial charge on any atom is 0.433 e. The predicted octanol–water partition coefficient (Wildman–Crippen LogP) is 2.37. The lowest BCUT2D eigenvalue weighted by atomic mass is 10.2. The molecule has 2 aromatic rings. The Morgan fingerprint density at radius 2 is 1.82 bits per heavy atom. The Morgan fingerprint density at radius 1 is 1.18 bits per heavy atom. The Labute approximate surface area is 123 Å². The van der Waals surface area contributed by atoms with Gasteiger partial charge in [-0.25, -0.2) is 4.98 Å². The molecule has 1 aromatic carbocycles. The van der Waals surface area contributed by atoms with Crippen LogP contribution in [0.15, 0.2) is 30.3 Å². The Morgan fingerprint density at radius 3 is 2.36 bits per heavy atom. The lowest BCUT2D eigenvalue weighted by Crippen LogP contribution is -2.17. The molecule has 4 N–H and O–H groups in total. The minimum atomic E-state index is -4.64. The normalized spacial score (nSPS) is 11.1. The molecule has 0 atom stereocenters. The van der Waals surface area contributed by atoms with Crippen molar-refractivity contribution in [3.63, 3.8) is 0 Å². The molecule has 22 heavy (non-hydrogen) atoms. The highest BCUT2D eigenvalue weighted by molar-refractivity contribution is 6.04. The Hall–Kier alpha value is -2.84. The molecular weight excluding hydrogens is 299 g/mol. The van der Waals surface area contributed by atoms with Gasteiger partial charge in [-0.1, -0.05) is 0 Å². The summed E-state index contributed by atoms with van der Waals surface area (Å²) < 4.78 is 38.2. The standard InChI is InChI=1S/C13H12F3N5O/c1-18-12-19-9(13(14,15)16)6-10(21-12)20-11(22)7-2-4-8(17)5-3-7/h2-6H,17H2,1H3,(H2,18,19,20,21,22). The summed E-state index contributed by atoms with van der Waals surface area (Å²) in [6.07, 6.45) is -4.64. The van der Waals surface area contributed by atoms with Gasteiger partial charge < -0.3 is 16.4 Å². The average Bonchev–Trinajstić information content (AvgIpc) is 2.46. The van der Waals surface area contributed by atoms with Gasteiger partial charge in [-0.3, -0.25) is 4.79 Å². The van der Waals surface area contributed by atoms with E-state index in [1.807, 2.05) is 0 Å². The Kier molecular flexibility index (Phi) is 4.15. The van der Waals surface area contributed by atoms with Gasteiger partial charge in [-0.05, 0) is 24.3 Å². The van der Waals surface area contributed by atoms with Crippen molar-refractivity contribution in [3.8, 4) is 0 Å². The second-order valence-electron chi connectivity index (χ2n) is 4.29. The van der Waals surface area contributed by atoms with Crippen LogP contribution in [-0.2, 0) is 6.18 Å². The summed E-state index contributed by atoms with van der Waals surface area (Å²) in [6, 6.07) is 6.59. The molecule has 1 heterocycles. The van der Waals surface area contributed by atoms with Crippen LogP contribution in [0.1, 0.15) is 16.1 Å². The first-order valence-corrected chi connectivity index (χ1v) is 6.10. The van der Waals surface area contributed by atoms with Crippen LogP contribution >= 0.6 is 0 Å². The number of halogens is 3. The third kappa shape index (κ3) is 3.62. The molecule has 0 unspecified atom stereocenters. The van der Waals surface area contributed by atoms with E-state index in [1.54, 1.807) is 0 Å². The molecule has 0 aliphatic heterocycles. The number of alkyl halides is 3. The molecule has 2 rings (SSSR count). The van der Waals surface area contributed by atoms with Gasteiger partial charge in [0.05, 0.1) is 0 Å². The maximum absolute atomic E-state index is 12.7. The van der Waals surface area contributed by atoms with E-state index in [-0.39, 0.29) is 17.3 Å². The van der Waals surface area contributed by atoms with E-state index in [0.29, 0.717) is 11.8 Å². The summed E-state index contributed by atoms with van der Waals surface area (Å²) in [5.41, 5.74) is 5.06. The van der Waals surface area contributed by atoms with Crippen molar-refractivity contribution in [2.45, 2.75) is 6.18 Å². The number of aromatic nitrogens is 2. The third-order valence-corrected chi connectivity index (χ3v) is 2.65. The van der Waals surface area contributed by atoms with Gasteiger partial charge in [0.2, 0.25) is 5.95 Å². The van der Waals surface area contributed by atoms with Crippen molar-refractivity contribution in [2.24, 2.45) is 0 Å². The molecule has 0 saturated heterocycles. The van der Waals surface area contributed by atoms with Gasteiger partial charge in [-0.2, -0.15) is 18.2 Å². The van der Waals surface area contributed by atoms with Gasteiger partial charge in [0.25, 0.3) is 5.91 Å². The number of nitrogens with zero attached hydrogens (tertiary/aromatic N) is 2. The number of carbonyl (C=O) groups is 1. The Bertz CT molecular complexity index is 685. The van der Waals surface area contributed by atoms with Crippen molar-refractivity contribution in [1.82, 2.24) is 9.97 Å². The summed E-state index contributed by atoms with van der Waals surface area (Å²) in [4.78, 5) is 19.0. The van der Waals surface area contributed by atoms with Crippen molar-refractivity contribution >= 4 is 23.4 Å². The lowest BCUT2D eigenvalue weighted by molar-refractivity contribution is -0.141. The van der Waals surface area contributed by atoms with Crippen molar-refractivity contribution in [1.29, 1.82) is 0 Å². The van der Waals surface area contributed by atoms with E-state index in [4.69, 9.17) is 5.73 Å². The smallest absolute Gasteiger partial charge is 0.399 e. The number of benzene rings is 1. The van der Waals surface area contributed by atoms with E-state index >= 15 is 0 Å².